The Labute approximate surface area is 131 Å². The van der Waals surface area contributed by atoms with Crippen LogP contribution in [0.2, 0.25) is 0 Å². The van der Waals surface area contributed by atoms with Crippen LogP contribution < -0.4 is 0 Å². The quantitative estimate of drug-likeness (QED) is 0.840. The molecule has 0 saturated heterocycles. The summed E-state index contributed by atoms with van der Waals surface area (Å²) in [6.07, 6.45) is 4.52. The van der Waals surface area contributed by atoms with Crippen LogP contribution in [0.15, 0.2) is 18.2 Å². The van der Waals surface area contributed by atoms with Crippen LogP contribution in [-0.2, 0) is 16.6 Å². The van der Waals surface area contributed by atoms with Gasteiger partial charge in [0.25, 0.3) is 0 Å². The highest BCUT2D eigenvalue weighted by Gasteiger charge is 2.55. The summed E-state index contributed by atoms with van der Waals surface area (Å²) in [4.78, 5) is 23.5. The topological polar surface area (TPSA) is 54.4 Å². The van der Waals surface area contributed by atoms with Crippen molar-refractivity contribution in [2.75, 3.05) is 0 Å². The molecule has 0 radical (unpaired) electrons. The highest BCUT2D eigenvalue weighted by Crippen LogP contribution is 2.57. The van der Waals surface area contributed by atoms with Gasteiger partial charge in [0.05, 0.1) is 5.41 Å². The Balaban J connectivity index is 2.09. The number of carboxylic acid groups (broad SMARTS) is 1. The van der Waals surface area contributed by atoms with Crippen molar-refractivity contribution >= 4 is 11.8 Å². The fourth-order valence-corrected chi connectivity index (χ4v) is 4.97. The lowest BCUT2D eigenvalue weighted by molar-refractivity contribution is -0.157. The molecule has 22 heavy (non-hydrogen) atoms. The number of rotatable bonds is 2. The van der Waals surface area contributed by atoms with Crippen molar-refractivity contribution in [2.45, 2.75) is 58.3 Å². The minimum absolute atomic E-state index is 0.0890. The number of carboxylic acids is 1. The second kappa shape index (κ2) is 4.94. The van der Waals surface area contributed by atoms with Crippen LogP contribution in [0.25, 0.3) is 0 Å². The summed E-state index contributed by atoms with van der Waals surface area (Å²) in [6, 6.07) is 6.00. The summed E-state index contributed by atoms with van der Waals surface area (Å²) < 4.78 is 0. The van der Waals surface area contributed by atoms with Crippen LogP contribution in [-0.4, -0.2) is 16.9 Å². The second-order valence-corrected chi connectivity index (χ2v) is 7.51. The molecule has 3 nitrogen and oxygen atoms in total. The summed E-state index contributed by atoms with van der Waals surface area (Å²) in [5, 5.41) is 9.77. The number of carbonyl (C=O) groups is 2. The van der Waals surface area contributed by atoms with Crippen molar-refractivity contribution in [2.24, 2.45) is 11.3 Å². The number of fused-ring (bicyclic) bond motifs is 3. The zero-order valence-corrected chi connectivity index (χ0v) is 13.6. The molecule has 118 valence electrons. The largest absolute Gasteiger partial charge is 0.481 e. The van der Waals surface area contributed by atoms with Crippen molar-refractivity contribution < 1.29 is 14.7 Å². The van der Waals surface area contributed by atoms with Gasteiger partial charge in [-0.15, -0.1) is 0 Å². The predicted octanol–water partition coefficient (Wildman–Crippen LogP) is 3.98. The van der Waals surface area contributed by atoms with Gasteiger partial charge in [-0.05, 0) is 68.1 Å². The number of aryl methyl sites for hydroxylation is 1. The van der Waals surface area contributed by atoms with Crippen molar-refractivity contribution in [3.8, 4) is 0 Å². The van der Waals surface area contributed by atoms with Gasteiger partial charge >= 0.3 is 5.97 Å². The van der Waals surface area contributed by atoms with Crippen LogP contribution in [0.5, 0.6) is 0 Å². The molecule has 3 atom stereocenters. The monoisotopic (exact) mass is 300 g/mol. The van der Waals surface area contributed by atoms with E-state index in [1.807, 2.05) is 19.1 Å². The second-order valence-electron chi connectivity index (χ2n) is 7.51. The van der Waals surface area contributed by atoms with E-state index in [9.17, 15) is 14.7 Å². The Morgan fingerprint density at radius 2 is 1.95 bits per heavy atom. The molecular weight excluding hydrogens is 276 g/mol. The number of hydrogen-bond donors (Lipinski definition) is 1. The normalized spacial score (nSPS) is 33.7. The fraction of sp³-hybridized carbons (Fsp3) is 0.579. The highest BCUT2D eigenvalue weighted by molar-refractivity contribution is 5.94. The minimum atomic E-state index is -0.660. The number of aliphatic carboxylic acids is 1. The molecule has 0 spiro atoms. The molecule has 2 aliphatic carbocycles. The average Bonchev–Trinajstić information content (AvgIpc) is 2.46. The van der Waals surface area contributed by atoms with Crippen LogP contribution in [0, 0.1) is 11.3 Å². The summed E-state index contributed by atoms with van der Waals surface area (Å²) in [5.74, 6) is -0.400. The Morgan fingerprint density at radius 1 is 1.23 bits per heavy atom. The first-order valence-corrected chi connectivity index (χ1v) is 8.17. The summed E-state index contributed by atoms with van der Waals surface area (Å²) >= 11 is 0. The van der Waals surface area contributed by atoms with Gasteiger partial charge in [-0.25, -0.2) is 0 Å². The molecular formula is C19H24O3. The lowest BCUT2D eigenvalue weighted by Crippen LogP contribution is -2.52. The average molecular weight is 300 g/mol. The number of hydrogen-bond acceptors (Lipinski definition) is 2. The molecule has 0 heterocycles. The number of Topliss-reactive ketones (excluding diaryl/α,β-unsaturated/α-hetero) is 1. The maximum atomic E-state index is 11.9. The molecule has 0 aromatic heterocycles. The first-order valence-electron chi connectivity index (χ1n) is 8.17. The van der Waals surface area contributed by atoms with Crippen LogP contribution >= 0.6 is 0 Å². The number of ketones is 1. The van der Waals surface area contributed by atoms with E-state index in [1.165, 1.54) is 11.1 Å². The Hall–Kier alpha value is -1.64. The van der Waals surface area contributed by atoms with Gasteiger partial charge in [0.15, 0.2) is 5.78 Å². The molecule has 0 amide bonds. The van der Waals surface area contributed by atoms with E-state index in [2.05, 4.69) is 13.0 Å². The summed E-state index contributed by atoms with van der Waals surface area (Å²) in [7, 11) is 0. The molecule has 1 aromatic carbocycles. The maximum absolute atomic E-state index is 11.9. The van der Waals surface area contributed by atoms with E-state index in [-0.39, 0.29) is 17.1 Å². The molecule has 0 unspecified atom stereocenters. The summed E-state index contributed by atoms with van der Waals surface area (Å²) in [5.41, 5.74) is 2.54. The predicted molar refractivity (Wildman–Crippen MR) is 85.2 cm³/mol. The van der Waals surface area contributed by atoms with E-state index in [0.29, 0.717) is 0 Å². The first kappa shape index (κ1) is 15.3. The maximum Gasteiger partial charge on any atom is 0.309 e. The highest BCUT2D eigenvalue weighted by atomic mass is 16.4. The standard InChI is InChI=1S/C19H24O3/c1-12(20)13-5-7-15-14(11-13)6-8-16-18(15,2)9-4-10-19(16,3)17(21)22/h5,7,11,16H,4,6,8-10H2,1-3H3,(H,21,22)/t16-,18-,19+/m1/s1. The zero-order valence-electron chi connectivity index (χ0n) is 13.6. The Kier molecular flexibility index (Phi) is 3.42. The lowest BCUT2D eigenvalue weighted by atomic mass is 9.50. The van der Waals surface area contributed by atoms with Gasteiger partial charge in [-0.2, -0.15) is 0 Å². The van der Waals surface area contributed by atoms with Crippen molar-refractivity contribution in [3.05, 3.63) is 34.9 Å². The van der Waals surface area contributed by atoms with Gasteiger partial charge in [0, 0.05) is 5.56 Å². The lowest BCUT2D eigenvalue weighted by Gasteiger charge is -2.53. The Bertz CT molecular complexity index is 648. The molecule has 0 bridgehead atoms. The third-order valence-electron chi connectivity index (χ3n) is 6.25. The molecule has 0 aliphatic heterocycles. The number of benzene rings is 1. The SMILES string of the molecule is CC(=O)c1ccc2c(c1)CC[C@H]1[C@@](C)(C(=O)O)CCC[C@]21C. The third kappa shape index (κ3) is 2.02. The zero-order chi connectivity index (χ0) is 16.1. The van der Waals surface area contributed by atoms with Gasteiger partial charge < -0.3 is 5.11 Å². The van der Waals surface area contributed by atoms with Gasteiger partial charge in [-0.3, -0.25) is 9.59 Å². The van der Waals surface area contributed by atoms with Gasteiger partial charge in [-0.1, -0.05) is 25.5 Å². The van der Waals surface area contributed by atoms with E-state index < -0.39 is 11.4 Å². The molecule has 2 aliphatic rings. The third-order valence-corrected chi connectivity index (χ3v) is 6.25. The van der Waals surface area contributed by atoms with E-state index in [4.69, 9.17) is 0 Å². The van der Waals surface area contributed by atoms with Crippen LogP contribution in [0.3, 0.4) is 0 Å². The van der Waals surface area contributed by atoms with E-state index in [0.717, 1.165) is 37.7 Å². The first-order chi connectivity index (χ1) is 10.3. The Morgan fingerprint density at radius 3 is 2.59 bits per heavy atom. The molecule has 3 heteroatoms. The van der Waals surface area contributed by atoms with Crippen molar-refractivity contribution in [3.63, 3.8) is 0 Å². The van der Waals surface area contributed by atoms with E-state index >= 15 is 0 Å². The van der Waals surface area contributed by atoms with Crippen LogP contribution in [0.4, 0.5) is 0 Å². The van der Waals surface area contributed by atoms with Crippen LogP contribution in [0.1, 0.15) is 67.9 Å². The molecule has 1 saturated carbocycles. The molecule has 1 fully saturated rings. The van der Waals surface area contributed by atoms with E-state index in [1.54, 1.807) is 6.92 Å². The molecule has 3 rings (SSSR count). The van der Waals surface area contributed by atoms with Gasteiger partial charge in [0.1, 0.15) is 0 Å². The molecule has 1 aromatic rings. The molecule has 1 N–H and O–H groups in total. The number of carbonyl (C=O) groups excluding carboxylic acids is 1. The minimum Gasteiger partial charge on any atom is -0.481 e. The van der Waals surface area contributed by atoms with Crippen molar-refractivity contribution in [1.82, 2.24) is 0 Å². The van der Waals surface area contributed by atoms with Gasteiger partial charge in [0.2, 0.25) is 0 Å². The summed E-state index contributed by atoms with van der Waals surface area (Å²) in [6.45, 7) is 5.74. The van der Waals surface area contributed by atoms with Crippen molar-refractivity contribution in [1.29, 1.82) is 0 Å². The fourth-order valence-electron chi connectivity index (χ4n) is 4.97. The smallest absolute Gasteiger partial charge is 0.309 e.